The molecule has 0 fully saturated rings. The van der Waals surface area contributed by atoms with Crippen molar-refractivity contribution in [2.45, 2.75) is 0 Å². The molecule has 0 aliphatic heterocycles. The minimum atomic E-state index is -4.83. The van der Waals surface area contributed by atoms with Crippen LogP contribution in [0.25, 0.3) is 6.08 Å². The summed E-state index contributed by atoms with van der Waals surface area (Å²) in [7, 11) is 0. The van der Waals surface area contributed by atoms with E-state index in [-0.39, 0.29) is 57.4 Å². The van der Waals surface area contributed by atoms with Gasteiger partial charge in [0.15, 0.2) is 0 Å². The largest absolute Gasteiger partial charge is 1.00 e. The van der Waals surface area contributed by atoms with Crippen LogP contribution in [-0.2, 0) is 0 Å². The molecule has 0 nitrogen and oxygen atoms in total. The zero-order valence-corrected chi connectivity index (χ0v) is 12.3. The van der Waals surface area contributed by atoms with Crippen molar-refractivity contribution in [1.29, 1.82) is 0 Å². The molecular weight excluding hydrogens is 283 g/mol. The fraction of sp³-hybridized carbons (Fsp3) is 0. The number of rotatable bonds is 2. The maximum atomic E-state index is 11.8. The number of halogens is 4. The molecule has 0 amide bonds. The SMILES string of the molecule is F[B-](F)(F)/C=C/c1ccc(Br)cc1.[K+]. The van der Waals surface area contributed by atoms with E-state index in [1.165, 1.54) is 0 Å². The van der Waals surface area contributed by atoms with Crippen LogP contribution in [0.2, 0.25) is 0 Å². The van der Waals surface area contributed by atoms with Gasteiger partial charge in [-0.25, -0.2) is 0 Å². The van der Waals surface area contributed by atoms with Crippen LogP contribution in [0.1, 0.15) is 5.56 Å². The predicted molar refractivity (Wildman–Crippen MR) is 52.3 cm³/mol. The summed E-state index contributed by atoms with van der Waals surface area (Å²) in [5.41, 5.74) is 0.544. The standard InChI is InChI=1S/C8H6BBrF3.K/c10-8-3-1-7(2-4-8)5-6-9(11,12)13;/h1-6H;/q-1;+1/b6-5+;. The average Bonchev–Trinajstić information content (AvgIpc) is 2.02. The smallest absolute Gasteiger partial charge is 0.445 e. The van der Waals surface area contributed by atoms with E-state index in [9.17, 15) is 12.9 Å². The molecule has 0 aliphatic rings. The van der Waals surface area contributed by atoms with Gasteiger partial charge in [-0.1, -0.05) is 34.1 Å². The Hall–Kier alpha value is 0.931. The second-order valence-corrected chi connectivity index (χ2v) is 3.45. The Kier molecular flexibility index (Phi) is 6.93. The maximum Gasteiger partial charge on any atom is 1.00 e. The van der Waals surface area contributed by atoms with Gasteiger partial charge in [0.2, 0.25) is 0 Å². The van der Waals surface area contributed by atoms with Crippen LogP contribution in [-0.4, -0.2) is 6.98 Å². The third kappa shape index (κ3) is 6.42. The second-order valence-electron chi connectivity index (χ2n) is 2.54. The van der Waals surface area contributed by atoms with Crippen LogP contribution in [0.4, 0.5) is 12.9 Å². The molecule has 0 spiro atoms. The van der Waals surface area contributed by atoms with Gasteiger partial charge in [0, 0.05) is 4.47 Å². The van der Waals surface area contributed by atoms with Crippen molar-refractivity contribution in [2.24, 2.45) is 0 Å². The summed E-state index contributed by atoms with van der Waals surface area (Å²) >= 11 is 3.19. The maximum absolute atomic E-state index is 11.8. The van der Waals surface area contributed by atoms with Crippen molar-refractivity contribution in [1.82, 2.24) is 0 Å². The zero-order valence-electron chi connectivity index (χ0n) is 7.55. The van der Waals surface area contributed by atoms with Crippen molar-refractivity contribution in [3.63, 3.8) is 0 Å². The molecule has 0 heterocycles. The minimum Gasteiger partial charge on any atom is -0.445 e. The van der Waals surface area contributed by atoms with Gasteiger partial charge in [0.05, 0.1) is 0 Å². The third-order valence-electron chi connectivity index (χ3n) is 1.38. The Morgan fingerprint density at radius 1 is 1.07 bits per heavy atom. The van der Waals surface area contributed by atoms with Gasteiger partial charge in [-0.15, -0.1) is 5.98 Å². The number of hydrogen-bond acceptors (Lipinski definition) is 0. The van der Waals surface area contributed by atoms with E-state index < -0.39 is 6.98 Å². The molecule has 6 heteroatoms. The topological polar surface area (TPSA) is 0 Å². The van der Waals surface area contributed by atoms with Gasteiger partial charge in [-0.05, 0) is 17.7 Å². The Bertz CT molecular complexity index is 307. The van der Waals surface area contributed by atoms with E-state index >= 15 is 0 Å². The van der Waals surface area contributed by atoms with Crippen LogP contribution in [0.15, 0.2) is 34.7 Å². The molecule has 0 unspecified atom stereocenters. The van der Waals surface area contributed by atoms with Crippen LogP contribution in [0.3, 0.4) is 0 Å². The predicted octanol–water partition coefficient (Wildman–Crippen LogP) is 0.853. The quantitative estimate of drug-likeness (QED) is 0.708. The van der Waals surface area contributed by atoms with E-state index in [2.05, 4.69) is 15.9 Å². The second kappa shape index (κ2) is 6.50. The average molecular weight is 289 g/mol. The number of hydrogen-bond donors (Lipinski definition) is 0. The van der Waals surface area contributed by atoms with Gasteiger partial charge in [-0.3, -0.25) is 0 Å². The first-order chi connectivity index (χ1) is 5.97. The molecule has 0 radical (unpaired) electrons. The van der Waals surface area contributed by atoms with Crippen LogP contribution in [0.5, 0.6) is 0 Å². The van der Waals surface area contributed by atoms with Crippen molar-refractivity contribution in [3.05, 3.63) is 40.3 Å². The van der Waals surface area contributed by atoms with Crippen LogP contribution >= 0.6 is 15.9 Å². The molecule has 14 heavy (non-hydrogen) atoms. The molecule has 1 rings (SSSR count). The molecule has 70 valence electrons. The zero-order chi connectivity index (χ0) is 9.90. The van der Waals surface area contributed by atoms with Gasteiger partial charge < -0.3 is 12.9 Å². The van der Waals surface area contributed by atoms with Crippen molar-refractivity contribution in [2.75, 3.05) is 0 Å². The molecule has 0 aliphatic carbocycles. The molecule has 0 saturated heterocycles. The summed E-state index contributed by atoms with van der Waals surface area (Å²) in [6.45, 7) is -4.83. The first-order valence-electron chi connectivity index (χ1n) is 3.62. The van der Waals surface area contributed by atoms with Gasteiger partial charge in [0.1, 0.15) is 0 Å². The van der Waals surface area contributed by atoms with E-state index in [1.807, 2.05) is 0 Å². The van der Waals surface area contributed by atoms with Gasteiger partial charge in [0.25, 0.3) is 0 Å². The Balaban J connectivity index is 0.00000169. The molecule has 0 aromatic heterocycles. The first kappa shape index (κ1) is 14.9. The molecule has 1 aromatic rings. The van der Waals surface area contributed by atoms with E-state index in [0.29, 0.717) is 5.56 Å². The van der Waals surface area contributed by atoms with E-state index in [1.54, 1.807) is 24.3 Å². The molecule has 0 saturated carbocycles. The van der Waals surface area contributed by atoms with Crippen molar-refractivity contribution in [3.8, 4) is 0 Å². The fourth-order valence-electron chi connectivity index (χ4n) is 0.794. The Morgan fingerprint density at radius 3 is 2.00 bits per heavy atom. The molecule has 0 atom stereocenters. The van der Waals surface area contributed by atoms with E-state index in [4.69, 9.17) is 0 Å². The van der Waals surface area contributed by atoms with Crippen LogP contribution < -0.4 is 51.4 Å². The molecule has 0 bridgehead atoms. The summed E-state index contributed by atoms with van der Waals surface area (Å²) < 4.78 is 36.2. The monoisotopic (exact) mass is 288 g/mol. The van der Waals surface area contributed by atoms with Crippen molar-refractivity contribution < 1.29 is 64.3 Å². The summed E-state index contributed by atoms with van der Waals surface area (Å²) in [6, 6.07) is 6.62. The summed E-state index contributed by atoms with van der Waals surface area (Å²) in [6.07, 6.45) is 1.06. The van der Waals surface area contributed by atoms with E-state index in [0.717, 1.165) is 10.5 Å². The summed E-state index contributed by atoms with van der Waals surface area (Å²) in [5, 5.41) is 0. The van der Waals surface area contributed by atoms with Gasteiger partial charge in [-0.2, -0.15) is 0 Å². The Morgan fingerprint density at radius 2 is 1.57 bits per heavy atom. The number of benzene rings is 1. The minimum absolute atomic E-state index is 0. The Labute approximate surface area is 132 Å². The van der Waals surface area contributed by atoms with Crippen molar-refractivity contribution >= 4 is 29.0 Å². The summed E-state index contributed by atoms with van der Waals surface area (Å²) in [4.78, 5) is 0. The molecular formula is C8H6BBrF3K. The third-order valence-corrected chi connectivity index (χ3v) is 1.91. The fourth-order valence-corrected chi connectivity index (χ4v) is 1.06. The first-order valence-corrected chi connectivity index (χ1v) is 4.41. The molecule has 0 N–H and O–H groups in total. The summed E-state index contributed by atoms with van der Waals surface area (Å²) in [5.74, 6) is 0.281. The van der Waals surface area contributed by atoms with Gasteiger partial charge >= 0.3 is 58.4 Å². The molecule has 1 aromatic carbocycles. The van der Waals surface area contributed by atoms with Crippen LogP contribution in [0, 0.1) is 0 Å². The normalized spacial score (nSPS) is 11.4.